The average molecular weight is 259 g/mol. The van der Waals surface area contributed by atoms with E-state index in [0.717, 1.165) is 12.8 Å². The van der Waals surface area contributed by atoms with Crippen LogP contribution in [0.15, 0.2) is 36.9 Å². The van der Waals surface area contributed by atoms with Crippen LogP contribution in [0.4, 0.5) is 0 Å². The molecule has 0 aromatic heterocycles. The Labute approximate surface area is 114 Å². The number of hydrogen-bond acceptors (Lipinski definition) is 2. The van der Waals surface area contributed by atoms with Gasteiger partial charge in [-0.2, -0.15) is 0 Å². The van der Waals surface area contributed by atoms with E-state index in [1.165, 1.54) is 11.1 Å². The van der Waals surface area contributed by atoms with Crippen LogP contribution in [0.2, 0.25) is 0 Å². The second-order valence-corrected chi connectivity index (χ2v) is 5.33. The van der Waals surface area contributed by atoms with Crippen molar-refractivity contribution < 1.29 is 9.90 Å². The standard InChI is InChI=1S/C16H21NO2/c1-3-5-12-6-4-7-13(10-12)15-11(2)8-9-14(17-15)16(18)19/h3-4,6-7,10-11,14-15,17H,1,5,8-9H2,2H3,(H,18,19)/t11-,14?,15-/m0/s1. The van der Waals surface area contributed by atoms with Crippen molar-refractivity contribution >= 4 is 5.97 Å². The summed E-state index contributed by atoms with van der Waals surface area (Å²) >= 11 is 0. The van der Waals surface area contributed by atoms with E-state index >= 15 is 0 Å². The van der Waals surface area contributed by atoms with E-state index in [9.17, 15) is 4.79 Å². The van der Waals surface area contributed by atoms with E-state index in [-0.39, 0.29) is 6.04 Å². The van der Waals surface area contributed by atoms with E-state index in [1.54, 1.807) is 0 Å². The molecule has 102 valence electrons. The number of carboxylic acids is 1. The van der Waals surface area contributed by atoms with Crippen molar-refractivity contribution in [3.05, 3.63) is 48.0 Å². The van der Waals surface area contributed by atoms with Gasteiger partial charge in [0.2, 0.25) is 0 Å². The molecule has 19 heavy (non-hydrogen) atoms. The molecule has 1 heterocycles. The first-order valence-electron chi connectivity index (χ1n) is 6.80. The SMILES string of the molecule is C=CCc1cccc([C@H]2NC(C(=O)O)CC[C@@H]2C)c1. The van der Waals surface area contributed by atoms with E-state index < -0.39 is 12.0 Å². The Morgan fingerprint density at radius 2 is 2.32 bits per heavy atom. The van der Waals surface area contributed by atoms with Gasteiger partial charge in [-0.3, -0.25) is 10.1 Å². The van der Waals surface area contributed by atoms with Crippen LogP contribution in [-0.4, -0.2) is 17.1 Å². The zero-order chi connectivity index (χ0) is 13.8. The molecule has 3 atom stereocenters. The maximum Gasteiger partial charge on any atom is 0.320 e. The van der Waals surface area contributed by atoms with Gasteiger partial charge in [-0.25, -0.2) is 0 Å². The Bertz CT molecular complexity index is 470. The van der Waals surface area contributed by atoms with Gasteiger partial charge in [0.15, 0.2) is 0 Å². The molecular formula is C16H21NO2. The summed E-state index contributed by atoms with van der Waals surface area (Å²) in [5.74, 6) is -0.297. The highest BCUT2D eigenvalue weighted by Crippen LogP contribution is 2.31. The van der Waals surface area contributed by atoms with Crippen LogP contribution in [0.3, 0.4) is 0 Å². The van der Waals surface area contributed by atoms with Crippen LogP contribution in [-0.2, 0) is 11.2 Å². The van der Waals surface area contributed by atoms with Gasteiger partial charge in [0.25, 0.3) is 0 Å². The number of allylic oxidation sites excluding steroid dienone is 1. The van der Waals surface area contributed by atoms with Crippen molar-refractivity contribution in [2.45, 2.75) is 38.3 Å². The predicted octanol–water partition coefficient (Wildman–Crippen LogP) is 2.93. The number of piperidine rings is 1. The molecule has 1 aromatic rings. The molecule has 0 amide bonds. The molecule has 0 spiro atoms. The number of nitrogens with one attached hydrogen (secondary N) is 1. The van der Waals surface area contributed by atoms with E-state index in [4.69, 9.17) is 5.11 Å². The summed E-state index contributed by atoms with van der Waals surface area (Å²) in [5.41, 5.74) is 2.40. The van der Waals surface area contributed by atoms with Gasteiger partial charge in [-0.1, -0.05) is 37.3 Å². The third-order valence-corrected chi connectivity index (χ3v) is 3.85. The highest BCUT2D eigenvalue weighted by molar-refractivity contribution is 5.73. The molecule has 1 unspecified atom stereocenters. The molecule has 0 saturated carbocycles. The maximum atomic E-state index is 11.1. The third kappa shape index (κ3) is 3.24. The minimum Gasteiger partial charge on any atom is -0.480 e. The van der Waals surface area contributed by atoms with Gasteiger partial charge in [-0.15, -0.1) is 6.58 Å². The van der Waals surface area contributed by atoms with Crippen molar-refractivity contribution in [2.75, 3.05) is 0 Å². The van der Waals surface area contributed by atoms with Gasteiger partial charge in [0, 0.05) is 6.04 Å². The van der Waals surface area contributed by atoms with Gasteiger partial charge >= 0.3 is 5.97 Å². The minimum atomic E-state index is -0.751. The largest absolute Gasteiger partial charge is 0.480 e. The van der Waals surface area contributed by atoms with Crippen molar-refractivity contribution in [3.63, 3.8) is 0 Å². The van der Waals surface area contributed by atoms with Crippen molar-refractivity contribution in [2.24, 2.45) is 5.92 Å². The third-order valence-electron chi connectivity index (χ3n) is 3.85. The zero-order valence-electron chi connectivity index (χ0n) is 11.3. The van der Waals surface area contributed by atoms with Crippen LogP contribution < -0.4 is 5.32 Å². The molecule has 0 aliphatic carbocycles. The van der Waals surface area contributed by atoms with Gasteiger partial charge < -0.3 is 5.11 Å². The smallest absolute Gasteiger partial charge is 0.320 e. The first-order valence-corrected chi connectivity index (χ1v) is 6.80. The number of benzene rings is 1. The average Bonchev–Trinajstić information content (AvgIpc) is 2.39. The first-order chi connectivity index (χ1) is 9.11. The normalized spacial score (nSPS) is 26.9. The topological polar surface area (TPSA) is 49.3 Å². The number of hydrogen-bond donors (Lipinski definition) is 2. The highest BCUT2D eigenvalue weighted by atomic mass is 16.4. The second-order valence-electron chi connectivity index (χ2n) is 5.33. The Balaban J connectivity index is 2.20. The molecule has 3 heteroatoms. The van der Waals surface area contributed by atoms with Gasteiger partial charge in [-0.05, 0) is 36.3 Å². The van der Waals surface area contributed by atoms with Gasteiger partial charge in [0.1, 0.15) is 6.04 Å². The summed E-state index contributed by atoms with van der Waals surface area (Å²) in [5, 5.41) is 12.4. The molecule has 0 bridgehead atoms. The Morgan fingerprint density at radius 3 is 3.00 bits per heavy atom. The van der Waals surface area contributed by atoms with Crippen LogP contribution in [0.25, 0.3) is 0 Å². The number of rotatable bonds is 4. The van der Waals surface area contributed by atoms with E-state index in [2.05, 4.69) is 37.0 Å². The van der Waals surface area contributed by atoms with Crippen molar-refractivity contribution in [1.29, 1.82) is 0 Å². The summed E-state index contributed by atoms with van der Waals surface area (Å²) in [7, 11) is 0. The maximum absolute atomic E-state index is 11.1. The Kier molecular flexibility index (Phi) is 4.38. The minimum absolute atomic E-state index is 0.125. The summed E-state index contributed by atoms with van der Waals surface area (Å²) in [6.07, 6.45) is 4.38. The summed E-state index contributed by atoms with van der Waals surface area (Å²) < 4.78 is 0. The molecule has 1 aliphatic heterocycles. The lowest BCUT2D eigenvalue weighted by Crippen LogP contribution is -2.45. The summed E-state index contributed by atoms with van der Waals surface area (Å²) in [4.78, 5) is 11.1. The number of aliphatic carboxylic acids is 1. The molecule has 2 N–H and O–H groups in total. The van der Waals surface area contributed by atoms with Crippen LogP contribution in [0.5, 0.6) is 0 Å². The molecule has 1 aromatic carbocycles. The quantitative estimate of drug-likeness (QED) is 0.817. The number of carbonyl (C=O) groups is 1. The van der Waals surface area contributed by atoms with Crippen molar-refractivity contribution in [3.8, 4) is 0 Å². The summed E-state index contributed by atoms with van der Waals surface area (Å²) in [6.45, 7) is 5.93. The van der Waals surface area contributed by atoms with E-state index in [0.29, 0.717) is 12.3 Å². The van der Waals surface area contributed by atoms with Crippen LogP contribution in [0.1, 0.15) is 36.9 Å². The molecule has 2 rings (SSSR count). The molecular weight excluding hydrogens is 238 g/mol. The molecule has 3 nitrogen and oxygen atoms in total. The fourth-order valence-corrected chi connectivity index (χ4v) is 2.76. The first kappa shape index (κ1) is 13.8. The molecule has 1 saturated heterocycles. The highest BCUT2D eigenvalue weighted by Gasteiger charge is 2.31. The van der Waals surface area contributed by atoms with Crippen LogP contribution in [0, 0.1) is 5.92 Å². The monoisotopic (exact) mass is 259 g/mol. The fraction of sp³-hybridized carbons (Fsp3) is 0.438. The second kappa shape index (κ2) is 6.02. The molecule has 1 aliphatic rings. The van der Waals surface area contributed by atoms with Gasteiger partial charge in [0.05, 0.1) is 0 Å². The Hall–Kier alpha value is -1.61. The Morgan fingerprint density at radius 1 is 1.53 bits per heavy atom. The van der Waals surface area contributed by atoms with E-state index in [1.807, 2.05) is 12.1 Å². The predicted molar refractivity (Wildman–Crippen MR) is 76.0 cm³/mol. The fourth-order valence-electron chi connectivity index (χ4n) is 2.76. The summed E-state index contributed by atoms with van der Waals surface area (Å²) in [6, 6.07) is 8.04. The number of carboxylic acid groups (broad SMARTS) is 1. The van der Waals surface area contributed by atoms with Crippen LogP contribution >= 0.6 is 0 Å². The molecule has 0 radical (unpaired) electrons. The zero-order valence-corrected chi connectivity index (χ0v) is 11.3. The lowest BCUT2D eigenvalue weighted by Gasteiger charge is -2.34. The lowest BCUT2D eigenvalue weighted by molar-refractivity contribution is -0.140. The lowest BCUT2D eigenvalue weighted by atomic mass is 9.84. The molecule has 1 fully saturated rings. The van der Waals surface area contributed by atoms with Crippen molar-refractivity contribution in [1.82, 2.24) is 5.32 Å².